The molecule has 8 heteroatoms. The highest BCUT2D eigenvalue weighted by Gasteiger charge is 2.30. The van der Waals surface area contributed by atoms with E-state index in [4.69, 9.17) is 8.94 Å². The molecule has 0 aromatic carbocycles. The van der Waals surface area contributed by atoms with E-state index in [0.717, 1.165) is 57.0 Å². The molecule has 1 N–H and O–H groups in total. The fraction of sp³-hybridized carbons (Fsp3) is 0.562. The van der Waals surface area contributed by atoms with E-state index in [1.165, 1.54) is 6.07 Å². The molecule has 1 aliphatic carbocycles. The van der Waals surface area contributed by atoms with Gasteiger partial charge in [-0.3, -0.25) is 14.6 Å². The largest absolute Gasteiger partial charge is 0.502 e. The number of aromatic nitrogens is 2. The minimum absolute atomic E-state index is 0.353. The summed E-state index contributed by atoms with van der Waals surface area (Å²) < 4.78 is 10.5. The highest BCUT2D eigenvalue weighted by Crippen LogP contribution is 2.38. The minimum Gasteiger partial charge on any atom is -0.502 e. The van der Waals surface area contributed by atoms with Gasteiger partial charge in [0.1, 0.15) is 12.0 Å². The first-order chi connectivity index (χ1) is 11.7. The molecule has 24 heavy (non-hydrogen) atoms. The Morgan fingerprint density at radius 3 is 2.54 bits per heavy atom. The van der Waals surface area contributed by atoms with Crippen molar-refractivity contribution in [1.82, 2.24) is 19.9 Å². The van der Waals surface area contributed by atoms with Crippen LogP contribution in [-0.2, 0) is 13.1 Å². The molecule has 8 nitrogen and oxygen atoms in total. The van der Waals surface area contributed by atoms with Gasteiger partial charge >= 0.3 is 0 Å². The van der Waals surface area contributed by atoms with Crippen LogP contribution >= 0.6 is 0 Å². The average Bonchev–Trinajstić information content (AvgIpc) is 3.33. The third kappa shape index (κ3) is 3.49. The first kappa shape index (κ1) is 15.3. The van der Waals surface area contributed by atoms with Crippen molar-refractivity contribution < 1.29 is 14.0 Å². The van der Waals surface area contributed by atoms with Crippen LogP contribution in [-0.4, -0.2) is 51.2 Å². The maximum absolute atomic E-state index is 11.4. The van der Waals surface area contributed by atoms with Crippen LogP contribution in [0.5, 0.6) is 5.75 Å². The van der Waals surface area contributed by atoms with Crippen LogP contribution in [0.2, 0.25) is 0 Å². The lowest BCUT2D eigenvalue weighted by Gasteiger charge is -2.33. The number of rotatable bonds is 5. The number of aromatic hydroxyl groups is 1. The van der Waals surface area contributed by atoms with Gasteiger partial charge in [-0.25, -0.2) is 0 Å². The Kier molecular flexibility index (Phi) is 4.07. The summed E-state index contributed by atoms with van der Waals surface area (Å²) in [5.74, 6) is 2.25. The van der Waals surface area contributed by atoms with Gasteiger partial charge in [0.05, 0.1) is 13.1 Å². The van der Waals surface area contributed by atoms with Gasteiger partial charge in [-0.05, 0) is 12.8 Å². The monoisotopic (exact) mass is 332 g/mol. The normalized spacial score (nSPS) is 19.7. The van der Waals surface area contributed by atoms with Crippen LogP contribution in [0.15, 0.2) is 26.1 Å². The quantitative estimate of drug-likeness (QED) is 0.864. The molecule has 1 saturated heterocycles. The highest BCUT2D eigenvalue weighted by atomic mass is 16.5. The Hall–Kier alpha value is -2.19. The fourth-order valence-corrected chi connectivity index (χ4v) is 2.88. The van der Waals surface area contributed by atoms with E-state index in [-0.39, 0.29) is 5.75 Å². The van der Waals surface area contributed by atoms with Crippen LogP contribution in [0.25, 0.3) is 0 Å². The SMILES string of the molecule is O=c1cc(CN2CCN(Cc3noc(C4CC4)n3)CC2)occ1O. The highest BCUT2D eigenvalue weighted by molar-refractivity contribution is 5.15. The van der Waals surface area contributed by atoms with Gasteiger partial charge in [-0.15, -0.1) is 0 Å². The van der Waals surface area contributed by atoms with Gasteiger partial charge in [-0.2, -0.15) is 4.98 Å². The Balaban J connectivity index is 1.28. The predicted octanol–water partition coefficient (Wildman–Crippen LogP) is 0.924. The van der Waals surface area contributed by atoms with Crippen molar-refractivity contribution >= 4 is 0 Å². The number of piperazine rings is 1. The first-order valence-corrected chi connectivity index (χ1v) is 8.25. The Morgan fingerprint density at radius 2 is 1.88 bits per heavy atom. The molecule has 1 aliphatic heterocycles. The van der Waals surface area contributed by atoms with Crippen molar-refractivity contribution in [2.45, 2.75) is 31.8 Å². The molecule has 2 aromatic heterocycles. The van der Waals surface area contributed by atoms with Crippen molar-refractivity contribution in [3.63, 3.8) is 0 Å². The van der Waals surface area contributed by atoms with E-state index >= 15 is 0 Å². The van der Waals surface area contributed by atoms with Gasteiger partial charge < -0.3 is 14.0 Å². The lowest BCUT2D eigenvalue weighted by atomic mass is 10.2. The van der Waals surface area contributed by atoms with Gasteiger partial charge in [0.25, 0.3) is 0 Å². The molecule has 0 radical (unpaired) electrons. The molecule has 4 rings (SSSR count). The van der Waals surface area contributed by atoms with Crippen LogP contribution < -0.4 is 5.43 Å². The minimum atomic E-state index is -0.404. The molecular weight excluding hydrogens is 312 g/mol. The Labute approximate surface area is 138 Å². The zero-order chi connectivity index (χ0) is 16.5. The van der Waals surface area contributed by atoms with E-state index in [2.05, 4.69) is 19.9 Å². The van der Waals surface area contributed by atoms with Crippen molar-refractivity contribution in [1.29, 1.82) is 0 Å². The van der Waals surface area contributed by atoms with E-state index in [1.807, 2.05) is 0 Å². The van der Waals surface area contributed by atoms with Gasteiger partial charge in [0, 0.05) is 38.2 Å². The second-order valence-electron chi connectivity index (χ2n) is 6.47. The van der Waals surface area contributed by atoms with Crippen molar-refractivity contribution in [3.05, 3.63) is 40.0 Å². The van der Waals surface area contributed by atoms with Gasteiger partial charge in [0.15, 0.2) is 11.6 Å². The molecule has 1 saturated carbocycles. The lowest BCUT2D eigenvalue weighted by Crippen LogP contribution is -2.45. The second kappa shape index (κ2) is 6.37. The van der Waals surface area contributed by atoms with Gasteiger partial charge in [-0.1, -0.05) is 5.16 Å². The first-order valence-electron chi connectivity index (χ1n) is 8.25. The number of nitrogens with zero attached hydrogens (tertiary/aromatic N) is 4. The zero-order valence-electron chi connectivity index (χ0n) is 13.3. The van der Waals surface area contributed by atoms with E-state index in [0.29, 0.717) is 24.8 Å². The lowest BCUT2D eigenvalue weighted by molar-refractivity contribution is 0.112. The Morgan fingerprint density at radius 1 is 1.17 bits per heavy atom. The molecule has 0 spiro atoms. The summed E-state index contributed by atoms with van der Waals surface area (Å²) in [5, 5.41) is 13.3. The summed E-state index contributed by atoms with van der Waals surface area (Å²) in [5.41, 5.74) is -0.404. The summed E-state index contributed by atoms with van der Waals surface area (Å²) >= 11 is 0. The third-order valence-electron chi connectivity index (χ3n) is 4.49. The smallest absolute Gasteiger partial charge is 0.229 e. The van der Waals surface area contributed by atoms with Crippen molar-refractivity contribution in [3.8, 4) is 5.75 Å². The molecule has 0 unspecified atom stereocenters. The molecule has 128 valence electrons. The standard InChI is InChI=1S/C16H20N4O4/c21-13-7-12(23-10-14(13)22)8-19-3-5-20(6-4-19)9-15-17-16(24-18-15)11-1-2-11/h7,10-11,22H,1-6,8-9H2. The summed E-state index contributed by atoms with van der Waals surface area (Å²) in [6, 6.07) is 1.35. The molecule has 2 fully saturated rings. The average molecular weight is 332 g/mol. The predicted molar refractivity (Wildman–Crippen MR) is 83.5 cm³/mol. The molecule has 0 bridgehead atoms. The zero-order valence-corrected chi connectivity index (χ0v) is 13.3. The van der Waals surface area contributed by atoms with Crippen LogP contribution in [0, 0.1) is 0 Å². The Bertz CT molecular complexity index is 759. The number of hydrogen-bond acceptors (Lipinski definition) is 8. The van der Waals surface area contributed by atoms with Crippen molar-refractivity contribution in [2.75, 3.05) is 26.2 Å². The summed E-state index contributed by atoms with van der Waals surface area (Å²) in [6.45, 7) is 4.82. The maximum atomic E-state index is 11.4. The van der Waals surface area contributed by atoms with E-state index in [1.54, 1.807) is 0 Å². The molecule has 0 amide bonds. The fourth-order valence-electron chi connectivity index (χ4n) is 2.88. The van der Waals surface area contributed by atoms with Crippen LogP contribution in [0.1, 0.15) is 36.2 Å². The van der Waals surface area contributed by atoms with Crippen molar-refractivity contribution in [2.24, 2.45) is 0 Å². The molecular formula is C16H20N4O4. The third-order valence-corrected chi connectivity index (χ3v) is 4.49. The maximum Gasteiger partial charge on any atom is 0.229 e. The summed E-state index contributed by atoms with van der Waals surface area (Å²) in [6.07, 6.45) is 3.42. The van der Waals surface area contributed by atoms with Crippen LogP contribution in [0.4, 0.5) is 0 Å². The summed E-state index contributed by atoms with van der Waals surface area (Å²) in [7, 11) is 0. The molecule has 2 aliphatic rings. The molecule has 0 atom stereocenters. The number of hydrogen-bond donors (Lipinski definition) is 1. The second-order valence-corrected chi connectivity index (χ2v) is 6.47. The summed E-state index contributed by atoms with van der Waals surface area (Å²) in [4.78, 5) is 20.4. The van der Waals surface area contributed by atoms with Crippen LogP contribution in [0.3, 0.4) is 0 Å². The van der Waals surface area contributed by atoms with Gasteiger partial charge in [0.2, 0.25) is 11.3 Å². The van der Waals surface area contributed by atoms with E-state index in [9.17, 15) is 9.90 Å². The topological polar surface area (TPSA) is 95.8 Å². The molecule has 2 aromatic rings. The van der Waals surface area contributed by atoms with E-state index < -0.39 is 5.43 Å². The molecule has 3 heterocycles.